The number of nitrogens with zero attached hydrogens (tertiary/aromatic N) is 2. The van der Waals surface area contributed by atoms with Crippen LogP contribution >= 0.6 is 11.6 Å². The summed E-state index contributed by atoms with van der Waals surface area (Å²) in [6.07, 6.45) is 1.11. The van der Waals surface area contributed by atoms with Crippen molar-refractivity contribution in [3.05, 3.63) is 94.5 Å². The molecule has 0 unspecified atom stereocenters. The number of carbonyl (C=O) groups excluding carboxylic acids is 2. The zero-order valence-electron chi connectivity index (χ0n) is 23.7. The Labute approximate surface area is 243 Å². The minimum atomic E-state index is -4.12. The number of amides is 2. The largest absolute Gasteiger partial charge is 0.352 e. The van der Waals surface area contributed by atoms with Gasteiger partial charge in [0.15, 0.2) is 0 Å². The lowest BCUT2D eigenvalue weighted by Crippen LogP contribution is -2.53. The first-order valence-corrected chi connectivity index (χ1v) is 15.3. The molecule has 40 heavy (non-hydrogen) atoms. The van der Waals surface area contributed by atoms with Gasteiger partial charge in [0, 0.05) is 17.6 Å². The Kier molecular flexibility index (Phi) is 10.8. The summed E-state index contributed by atoms with van der Waals surface area (Å²) in [4.78, 5) is 28.9. The van der Waals surface area contributed by atoms with Crippen LogP contribution in [0, 0.1) is 13.8 Å². The second-order valence-corrected chi connectivity index (χ2v) is 12.3. The molecule has 0 radical (unpaired) electrons. The summed E-state index contributed by atoms with van der Waals surface area (Å²) >= 11 is 6.08. The fraction of sp³-hybridized carbons (Fsp3) is 0.355. The SMILES string of the molecule is CC[C@H](C)NC(=O)[C@H](CC)N(Cc1ccc(C)cc1)C(=O)CN(c1ccc(Cl)cc1)S(=O)(=O)c1ccc(C)cc1. The average molecular weight is 584 g/mol. The van der Waals surface area contributed by atoms with Gasteiger partial charge in [-0.3, -0.25) is 13.9 Å². The van der Waals surface area contributed by atoms with Crippen molar-refractivity contribution in [3.8, 4) is 0 Å². The van der Waals surface area contributed by atoms with E-state index in [0.29, 0.717) is 17.1 Å². The van der Waals surface area contributed by atoms with Gasteiger partial charge in [0.1, 0.15) is 12.6 Å². The maximum absolute atomic E-state index is 14.1. The van der Waals surface area contributed by atoms with E-state index in [9.17, 15) is 18.0 Å². The summed E-state index contributed by atoms with van der Waals surface area (Å²) in [5, 5.41) is 3.43. The van der Waals surface area contributed by atoms with Crippen LogP contribution in [0.5, 0.6) is 0 Å². The van der Waals surface area contributed by atoms with E-state index in [-0.39, 0.29) is 23.4 Å². The lowest BCUT2D eigenvalue weighted by Gasteiger charge is -2.33. The molecule has 3 rings (SSSR count). The van der Waals surface area contributed by atoms with Crippen LogP contribution < -0.4 is 9.62 Å². The molecule has 1 N–H and O–H groups in total. The molecule has 0 aliphatic rings. The van der Waals surface area contributed by atoms with Crippen LogP contribution in [-0.4, -0.2) is 43.8 Å². The topological polar surface area (TPSA) is 86.8 Å². The quantitative estimate of drug-likeness (QED) is 0.289. The third-order valence-corrected chi connectivity index (χ3v) is 8.90. The number of aryl methyl sites for hydroxylation is 2. The Morgan fingerprint density at radius 2 is 1.40 bits per heavy atom. The molecule has 3 aromatic carbocycles. The molecule has 2 amide bonds. The first-order chi connectivity index (χ1) is 19.0. The van der Waals surface area contributed by atoms with Gasteiger partial charge in [0.25, 0.3) is 10.0 Å². The Hall–Kier alpha value is -3.36. The predicted octanol–water partition coefficient (Wildman–Crippen LogP) is 5.87. The highest BCUT2D eigenvalue weighted by molar-refractivity contribution is 7.92. The van der Waals surface area contributed by atoms with Crippen LogP contribution in [0.15, 0.2) is 77.7 Å². The molecule has 0 heterocycles. The highest BCUT2D eigenvalue weighted by Crippen LogP contribution is 2.26. The molecular formula is C31H38ClN3O4S. The smallest absolute Gasteiger partial charge is 0.264 e. The number of hydrogen-bond acceptors (Lipinski definition) is 4. The van der Waals surface area contributed by atoms with Crippen molar-refractivity contribution in [3.63, 3.8) is 0 Å². The van der Waals surface area contributed by atoms with Crippen molar-refractivity contribution in [2.24, 2.45) is 0 Å². The predicted molar refractivity (Wildman–Crippen MR) is 161 cm³/mol. The monoisotopic (exact) mass is 583 g/mol. The number of carbonyl (C=O) groups is 2. The first kappa shape index (κ1) is 31.2. The van der Waals surface area contributed by atoms with E-state index in [1.165, 1.54) is 17.0 Å². The summed E-state index contributed by atoms with van der Waals surface area (Å²) in [5.74, 6) is -0.755. The molecule has 9 heteroatoms. The van der Waals surface area contributed by atoms with Crippen LogP contribution in [-0.2, 0) is 26.2 Å². The van der Waals surface area contributed by atoms with Crippen LogP contribution in [0.2, 0.25) is 5.02 Å². The Morgan fingerprint density at radius 3 is 1.93 bits per heavy atom. The number of hydrogen-bond donors (Lipinski definition) is 1. The zero-order valence-corrected chi connectivity index (χ0v) is 25.3. The lowest BCUT2D eigenvalue weighted by atomic mass is 10.1. The van der Waals surface area contributed by atoms with E-state index in [2.05, 4.69) is 5.32 Å². The number of halogens is 1. The summed E-state index contributed by atoms with van der Waals surface area (Å²) in [5.41, 5.74) is 3.12. The van der Waals surface area contributed by atoms with Gasteiger partial charge in [0.2, 0.25) is 11.8 Å². The molecule has 0 bridgehead atoms. The third-order valence-electron chi connectivity index (χ3n) is 6.86. The Balaban J connectivity index is 2.04. The van der Waals surface area contributed by atoms with E-state index in [1.54, 1.807) is 36.4 Å². The molecule has 0 fully saturated rings. The van der Waals surface area contributed by atoms with Gasteiger partial charge < -0.3 is 10.2 Å². The number of nitrogens with one attached hydrogen (secondary N) is 1. The normalized spacial score (nSPS) is 12.8. The second kappa shape index (κ2) is 13.8. The summed E-state index contributed by atoms with van der Waals surface area (Å²) in [7, 11) is -4.12. The summed E-state index contributed by atoms with van der Waals surface area (Å²) in [6, 6.07) is 19.6. The number of anilines is 1. The molecule has 7 nitrogen and oxygen atoms in total. The van der Waals surface area contributed by atoms with E-state index < -0.39 is 28.5 Å². The lowest BCUT2D eigenvalue weighted by molar-refractivity contribution is -0.140. The molecule has 0 saturated heterocycles. The van der Waals surface area contributed by atoms with Crippen molar-refractivity contribution in [2.75, 3.05) is 10.8 Å². The fourth-order valence-corrected chi connectivity index (χ4v) is 5.76. The van der Waals surface area contributed by atoms with Crippen molar-refractivity contribution in [2.45, 2.75) is 71.0 Å². The molecule has 0 aromatic heterocycles. The van der Waals surface area contributed by atoms with Crippen LogP contribution in [0.1, 0.15) is 50.3 Å². The van der Waals surface area contributed by atoms with Gasteiger partial charge in [-0.25, -0.2) is 8.42 Å². The highest BCUT2D eigenvalue weighted by Gasteiger charge is 2.34. The van der Waals surface area contributed by atoms with Crippen LogP contribution in [0.3, 0.4) is 0 Å². The van der Waals surface area contributed by atoms with E-state index in [0.717, 1.165) is 27.4 Å². The van der Waals surface area contributed by atoms with Gasteiger partial charge in [-0.05, 0) is 75.6 Å². The average Bonchev–Trinajstić information content (AvgIpc) is 2.93. The molecule has 214 valence electrons. The minimum absolute atomic E-state index is 0.0625. The Bertz CT molecular complexity index is 1390. The van der Waals surface area contributed by atoms with Gasteiger partial charge in [-0.1, -0.05) is 73.0 Å². The fourth-order valence-electron chi connectivity index (χ4n) is 4.22. The molecular weight excluding hydrogens is 546 g/mol. The van der Waals surface area contributed by atoms with Crippen molar-refractivity contribution in [1.82, 2.24) is 10.2 Å². The standard InChI is InChI=1S/C31H38ClN3O4S/c1-6-24(5)33-31(37)29(7-2)34(20-25-12-8-22(3)9-13-25)30(36)21-35(27-16-14-26(32)15-17-27)40(38,39)28-18-10-23(4)11-19-28/h8-19,24,29H,6-7,20-21H2,1-5H3,(H,33,37)/t24-,29-/m0/s1. The van der Waals surface area contributed by atoms with Crippen LogP contribution in [0.4, 0.5) is 5.69 Å². The second-order valence-electron chi connectivity index (χ2n) is 10.1. The Morgan fingerprint density at radius 1 is 0.850 bits per heavy atom. The first-order valence-electron chi connectivity index (χ1n) is 13.5. The molecule has 0 saturated carbocycles. The zero-order chi connectivity index (χ0) is 29.4. The van der Waals surface area contributed by atoms with E-state index in [4.69, 9.17) is 11.6 Å². The van der Waals surface area contributed by atoms with Crippen molar-refractivity contribution >= 4 is 39.1 Å². The van der Waals surface area contributed by atoms with Gasteiger partial charge in [0.05, 0.1) is 10.6 Å². The maximum atomic E-state index is 14.1. The van der Waals surface area contributed by atoms with Crippen molar-refractivity contribution < 1.29 is 18.0 Å². The molecule has 3 aromatic rings. The van der Waals surface area contributed by atoms with Gasteiger partial charge >= 0.3 is 0 Å². The molecule has 0 spiro atoms. The third kappa shape index (κ3) is 7.86. The van der Waals surface area contributed by atoms with Gasteiger partial charge in [-0.2, -0.15) is 0 Å². The van der Waals surface area contributed by atoms with E-state index >= 15 is 0 Å². The minimum Gasteiger partial charge on any atom is -0.352 e. The van der Waals surface area contributed by atoms with Crippen molar-refractivity contribution in [1.29, 1.82) is 0 Å². The summed E-state index contributed by atoms with van der Waals surface area (Å²) in [6.45, 7) is 9.24. The molecule has 2 atom stereocenters. The van der Waals surface area contributed by atoms with Gasteiger partial charge in [-0.15, -0.1) is 0 Å². The maximum Gasteiger partial charge on any atom is 0.264 e. The molecule has 0 aliphatic carbocycles. The molecule has 0 aliphatic heterocycles. The number of benzene rings is 3. The van der Waals surface area contributed by atoms with Crippen LogP contribution in [0.25, 0.3) is 0 Å². The van der Waals surface area contributed by atoms with E-state index in [1.807, 2.05) is 58.9 Å². The summed E-state index contributed by atoms with van der Waals surface area (Å²) < 4.78 is 28.8. The number of sulfonamides is 1. The highest BCUT2D eigenvalue weighted by atomic mass is 35.5. The number of rotatable bonds is 12.